The second-order valence-electron chi connectivity index (χ2n) is 6.61. The summed E-state index contributed by atoms with van der Waals surface area (Å²) in [4.78, 5) is 32.1. The van der Waals surface area contributed by atoms with Crippen molar-refractivity contribution in [1.82, 2.24) is 5.32 Å². The fourth-order valence-electron chi connectivity index (χ4n) is 3.29. The maximum absolute atomic E-state index is 13.1. The van der Waals surface area contributed by atoms with Crippen LogP contribution in [0.4, 0.5) is 5.69 Å². The SMILES string of the molecule is CN1C(=O)[C@@H](NC(=O)c2ccccc2Cl)N=C(c2ccccc2)c2ccccc21. The Hall–Kier alpha value is -3.44. The fourth-order valence-corrected chi connectivity index (χ4v) is 3.51. The van der Waals surface area contributed by atoms with Gasteiger partial charge in [0.15, 0.2) is 0 Å². The Balaban J connectivity index is 1.79. The molecule has 0 saturated heterocycles. The minimum atomic E-state index is -1.08. The molecule has 0 aromatic heterocycles. The standard InChI is InChI=1S/C23H18ClN3O2/c1-27-19-14-8-6-12-17(19)20(15-9-3-2-4-10-15)25-21(23(27)29)26-22(28)16-11-5-7-13-18(16)24/h2-14,21H,1H3,(H,26,28)/t21-/m1/s1. The van der Waals surface area contributed by atoms with E-state index in [1.165, 1.54) is 4.90 Å². The molecule has 3 aromatic carbocycles. The van der Waals surface area contributed by atoms with E-state index >= 15 is 0 Å². The fraction of sp³-hybridized carbons (Fsp3) is 0.0870. The first-order valence-corrected chi connectivity index (χ1v) is 9.49. The highest BCUT2D eigenvalue weighted by atomic mass is 35.5. The van der Waals surface area contributed by atoms with E-state index in [9.17, 15) is 9.59 Å². The van der Waals surface area contributed by atoms with Crippen molar-refractivity contribution in [1.29, 1.82) is 0 Å². The number of anilines is 1. The molecule has 5 nitrogen and oxygen atoms in total. The number of fused-ring (bicyclic) bond motifs is 1. The predicted molar refractivity (Wildman–Crippen MR) is 115 cm³/mol. The lowest BCUT2D eigenvalue weighted by Crippen LogP contribution is -2.46. The topological polar surface area (TPSA) is 61.8 Å². The molecule has 4 rings (SSSR count). The third-order valence-electron chi connectivity index (χ3n) is 4.78. The molecule has 0 spiro atoms. The number of hydrogen-bond donors (Lipinski definition) is 1. The van der Waals surface area contributed by atoms with Crippen LogP contribution in [-0.4, -0.2) is 30.7 Å². The van der Waals surface area contributed by atoms with Gasteiger partial charge in [-0.15, -0.1) is 0 Å². The summed E-state index contributed by atoms with van der Waals surface area (Å²) in [5, 5.41) is 3.04. The Kier molecular flexibility index (Phi) is 5.14. The van der Waals surface area contributed by atoms with E-state index < -0.39 is 12.1 Å². The van der Waals surface area contributed by atoms with Crippen LogP contribution in [0.2, 0.25) is 5.02 Å². The number of hydrogen-bond acceptors (Lipinski definition) is 3. The van der Waals surface area contributed by atoms with Crippen LogP contribution in [0.15, 0.2) is 83.9 Å². The first-order valence-electron chi connectivity index (χ1n) is 9.12. The van der Waals surface area contributed by atoms with Crippen LogP contribution in [0.3, 0.4) is 0 Å². The minimum absolute atomic E-state index is 0.294. The van der Waals surface area contributed by atoms with Crippen LogP contribution in [0, 0.1) is 0 Å². The Labute approximate surface area is 173 Å². The number of amides is 2. The van der Waals surface area contributed by atoms with Crippen molar-refractivity contribution >= 4 is 34.8 Å². The lowest BCUT2D eigenvalue weighted by Gasteiger charge is -2.21. The van der Waals surface area contributed by atoms with Gasteiger partial charge in [0.05, 0.1) is 22.0 Å². The molecular weight excluding hydrogens is 386 g/mol. The number of halogens is 1. The summed E-state index contributed by atoms with van der Waals surface area (Å²) in [7, 11) is 1.68. The number of benzodiazepines with no additional fused rings is 1. The number of rotatable bonds is 3. The highest BCUT2D eigenvalue weighted by Gasteiger charge is 2.31. The summed E-state index contributed by atoms with van der Waals surface area (Å²) in [6.07, 6.45) is -1.08. The molecule has 1 aliphatic heterocycles. The van der Waals surface area contributed by atoms with Gasteiger partial charge in [-0.1, -0.05) is 72.3 Å². The zero-order valence-corrected chi connectivity index (χ0v) is 16.4. The molecule has 1 N–H and O–H groups in total. The van der Waals surface area contributed by atoms with Gasteiger partial charge in [-0.2, -0.15) is 0 Å². The van der Waals surface area contributed by atoms with Gasteiger partial charge in [-0.25, -0.2) is 4.99 Å². The summed E-state index contributed by atoms with van der Waals surface area (Å²) in [5.74, 6) is -0.784. The van der Waals surface area contributed by atoms with Crippen molar-refractivity contribution < 1.29 is 9.59 Å². The number of likely N-dealkylation sites (N-methyl/N-ethyl adjacent to an activating group) is 1. The average molecular weight is 404 g/mol. The average Bonchev–Trinajstić information content (AvgIpc) is 2.85. The first-order chi connectivity index (χ1) is 14.1. The number of aliphatic imine (C=N–C) groups is 1. The number of nitrogens with one attached hydrogen (secondary N) is 1. The lowest BCUT2D eigenvalue weighted by molar-refractivity contribution is -0.119. The van der Waals surface area contributed by atoms with Gasteiger partial charge >= 0.3 is 0 Å². The number of carbonyl (C=O) groups is 2. The van der Waals surface area contributed by atoms with E-state index in [4.69, 9.17) is 11.6 Å². The van der Waals surface area contributed by atoms with Crippen molar-refractivity contribution in [2.45, 2.75) is 6.17 Å². The van der Waals surface area contributed by atoms with Gasteiger partial charge in [0.1, 0.15) is 0 Å². The van der Waals surface area contributed by atoms with Crippen LogP contribution >= 0.6 is 11.6 Å². The molecule has 0 bridgehead atoms. The molecule has 2 amide bonds. The second kappa shape index (κ2) is 7.89. The van der Waals surface area contributed by atoms with E-state index in [-0.39, 0.29) is 5.91 Å². The van der Waals surface area contributed by atoms with Crippen molar-refractivity contribution in [2.24, 2.45) is 4.99 Å². The molecule has 29 heavy (non-hydrogen) atoms. The van der Waals surface area contributed by atoms with E-state index in [1.54, 1.807) is 31.3 Å². The molecular formula is C23H18ClN3O2. The minimum Gasteiger partial charge on any atom is -0.322 e. The van der Waals surface area contributed by atoms with Crippen molar-refractivity contribution in [3.8, 4) is 0 Å². The molecule has 1 heterocycles. The third-order valence-corrected chi connectivity index (χ3v) is 5.11. The van der Waals surface area contributed by atoms with Gasteiger partial charge in [0.25, 0.3) is 11.8 Å². The Morgan fingerprint density at radius 2 is 1.62 bits per heavy atom. The Bertz CT molecular complexity index is 1110. The molecule has 0 fully saturated rings. The van der Waals surface area contributed by atoms with E-state index in [2.05, 4.69) is 10.3 Å². The van der Waals surface area contributed by atoms with Crippen molar-refractivity contribution in [3.05, 3.63) is 101 Å². The first kappa shape index (κ1) is 18.9. The van der Waals surface area contributed by atoms with Gasteiger partial charge in [0, 0.05) is 18.2 Å². The molecule has 6 heteroatoms. The van der Waals surface area contributed by atoms with Crippen LogP contribution in [0.25, 0.3) is 0 Å². The molecule has 0 radical (unpaired) electrons. The van der Waals surface area contributed by atoms with Crippen molar-refractivity contribution in [3.63, 3.8) is 0 Å². The Morgan fingerprint density at radius 1 is 0.966 bits per heavy atom. The molecule has 3 aromatic rings. The summed E-state index contributed by atoms with van der Waals surface area (Å²) in [6, 6.07) is 23.9. The summed E-state index contributed by atoms with van der Waals surface area (Å²) in [6.45, 7) is 0. The van der Waals surface area contributed by atoms with Crippen LogP contribution in [-0.2, 0) is 4.79 Å². The van der Waals surface area contributed by atoms with Crippen molar-refractivity contribution in [2.75, 3.05) is 11.9 Å². The van der Waals surface area contributed by atoms with E-state index in [0.717, 1.165) is 16.8 Å². The number of carbonyl (C=O) groups excluding carboxylic acids is 2. The highest BCUT2D eigenvalue weighted by molar-refractivity contribution is 6.34. The quantitative estimate of drug-likeness (QED) is 0.720. The van der Waals surface area contributed by atoms with E-state index in [0.29, 0.717) is 16.3 Å². The second-order valence-corrected chi connectivity index (χ2v) is 7.02. The molecule has 1 aliphatic rings. The molecule has 144 valence electrons. The van der Waals surface area contributed by atoms with Crippen LogP contribution in [0.5, 0.6) is 0 Å². The molecule has 0 aliphatic carbocycles. The smallest absolute Gasteiger partial charge is 0.272 e. The number of benzene rings is 3. The van der Waals surface area contributed by atoms with Crippen LogP contribution < -0.4 is 10.2 Å². The van der Waals surface area contributed by atoms with Gasteiger partial charge in [-0.3, -0.25) is 9.59 Å². The summed E-state index contributed by atoms with van der Waals surface area (Å²) in [5.41, 5.74) is 3.35. The summed E-state index contributed by atoms with van der Waals surface area (Å²) >= 11 is 6.14. The zero-order valence-electron chi connectivity index (χ0n) is 15.7. The van der Waals surface area contributed by atoms with Gasteiger partial charge in [-0.05, 0) is 18.2 Å². The molecule has 0 saturated carbocycles. The van der Waals surface area contributed by atoms with Gasteiger partial charge in [0.2, 0.25) is 6.17 Å². The maximum Gasteiger partial charge on any atom is 0.272 e. The predicted octanol–water partition coefficient (Wildman–Crippen LogP) is 3.91. The lowest BCUT2D eigenvalue weighted by atomic mass is 10.0. The number of nitrogens with zero attached hydrogens (tertiary/aromatic N) is 2. The number of para-hydroxylation sites is 1. The largest absolute Gasteiger partial charge is 0.322 e. The molecule has 1 atom stereocenters. The van der Waals surface area contributed by atoms with Crippen LogP contribution in [0.1, 0.15) is 21.5 Å². The van der Waals surface area contributed by atoms with E-state index in [1.807, 2.05) is 54.6 Å². The third kappa shape index (κ3) is 3.65. The maximum atomic E-state index is 13.1. The highest BCUT2D eigenvalue weighted by Crippen LogP contribution is 2.27. The molecule has 0 unspecified atom stereocenters. The van der Waals surface area contributed by atoms with Gasteiger partial charge < -0.3 is 10.2 Å². The monoisotopic (exact) mass is 403 g/mol. The normalized spacial score (nSPS) is 15.9. The summed E-state index contributed by atoms with van der Waals surface area (Å²) < 4.78 is 0. The Morgan fingerprint density at radius 3 is 2.38 bits per heavy atom. The zero-order chi connectivity index (χ0) is 20.4.